The summed E-state index contributed by atoms with van der Waals surface area (Å²) < 4.78 is 0. The smallest absolute Gasteiger partial charge is 0.310 e. The SMILES string of the molecule is O=C1Nc2ccc(CCCl)cc2C1=Cc1ccc([N+](=O)[O-])c(O)c1. The van der Waals surface area contributed by atoms with Crippen molar-refractivity contribution in [3.05, 3.63) is 63.2 Å². The highest BCUT2D eigenvalue weighted by molar-refractivity contribution is 6.35. The van der Waals surface area contributed by atoms with Crippen LogP contribution in [0.15, 0.2) is 36.4 Å². The molecule has 0 spiro atoms. The van der Waals surface area contributed by atoms with Crippen LogP contribution in [0.2, 0.25) is 0 Å². The summed E-state index contributed by atoms with van der Waals surface area (Å²) in [5, 5.41) is 23.2. The van der Waals surface area contributed by atoms with E-state index in [2.05, 4.69) is 5.32 Å². The number of amides is 1. The molecule has 1 aliphatic heterocycles. The molecule has 0 unspecified atom stereocenters. The minimum absolute atomic E-state index is 0.258. The van der Waals surface area contributed by atoms with Crippen molar-refractivity contribution in [2.75, 3.05) is 11.2 Å². The molecule has 0 aromatic heterocycles. The van der Waals surface area contributed by atoms with Gasteiger partial charge < -0.3 is 10.4 Å². The Morgan fingerprint density at radius 2 is 2.04 bits per heavy atom. The minimum Gasteiger partial charge on any atom is -0.502 e. The maximum atomic E-state index is 12.2. The Bertz CT molecular complexity index is 877. The predicted molar refractivity (Wildman–Crippen MR) is 92.1 cm³/mol. The molecule has 7 heteroatoms. The van der Waals surface area contributed by atoms with E-state index in [1.807, 2.05) is 18.2 Å². The van der Waals surface area contributed by atoms with Crippen LogP contribution in [-0.2, 0) is 11.2 Å². The fourth-order valence-electron chi connectivity index (χ4n) is 2.59. The number of phenolic OH excluding ortho intramolecular Hbond substituents is 1. The Morgan fingerprint density at radius 3 is 2.71 bits per heavy atom. The number of benzene rings is 2. The molecule has 6 nitrogen and oxygen atoms in total. The van der Waals surface area contributed by atoms with Crippen LogP contribution >= 0.6 is 11.6 Å². The summed E-state index contributed by atoms with van der Waals surface area (Å²) in [6.07, 6.45) is 2.28. The Hall–Kier alpha value is -2.86. The summed E-state index contributed by atoms with van der Waals surface area (Å²) >= 11 is 5.76. The topological polar surface area (TPSA) is 92.5 Å². The molecule has 0 aliphatic carbocycles. The quantitative estimate of drug-likeness (QED) is 0.384. The lowest BCUT2D eigenvalue weighted by Gasteiger charge is -2.03. The lowest BCUT2D eigenvalue weighted by molar-refractivity contribution is -0.385. The maximum absolute atomic E-state index is 12.2. The number of carbonyl (C=O) groups excluding carboxylic acids is 1. The van der Waals surface area contributed by atoms with Crippen LogP contribution < -0.4 is 5.32 Å². The zero-order valence-electron chi connectivity index (χ0n) is 12.5. The minimum atomic E-state index is -0.664. The van der Waals surface area contributed by atoms with Crippen molar-refractivity contribution in [3.63, 3.8) is 0 Å². The summed E-state index contributed by atoms with van der Waals surface area (Å²) in [7, 11) is 0. The molecule has 0 saturated carbocycles. The van der Waals surface area contributed by atoms with E-state index in [-0.39, 0.29) is 11.6 Å². The van der Waals surface area contributed by atoms with Crippen molar-refractivity contribution >= 4 is 40.5 Å². The van der Waals surface area contributed by atoms with E-state index in [1.54, 1.807) is 6.08 Å². The van der Waals surface area contributed by atoms with E-state index in [4.69, 9.17) is 11.6 Å². The van der Waals surface area contributed by atoms with Crippen LogP contribution in [0, 0.1) is 10.1 Å². The number of hydrogen-bond donors (Lipinski definition) is 2. The van der Waals surface area contributed by atoms with E-state index < -0.39 is 10.7 Å². The van der Waals surface area contributed by atoms with Crippen LogP contribution in [0.4, 0.5) is 11.4 Å². The summed E-state index contributed by atoms with van der Waals surface area (Å²) in [6.45, 7) is 0. The average Bonchev–Trinajstić information content (AvgIpc) is 2.83. The summed E-state index contributed by atoms with van der Waals surface area (Å²) in [5.74, 6) is -0.218. The van der Waals surface area contributed by atoms with Crippen molar-refractivity contribution in [1.29, 1.82) is 0 Å². The number of halogens is 1. The van der Waals surface area contributed by atoms with Crippen LogP contribution in [0.5, 0.6) is 5.75 Å². The normalized spacial score (nSPS) is 14.5. The molecular formula is C17H13ClN2O4. The highest BCUT2D eigenvalue weighted by atomic mass is 35.5. The molecule has 0 atom stereocenters. The molecule has 1 heterocycles. The van der Waals surface area contributed by atoms with Gasteiger partial charge in [-0.2, -0.15) is 0 Å². The van der Waals surface area contributed by atoms with Gasteiger partial charge in [0, 0.05) is 28.8 Å². The molecule has 1 amide bonds. The van der Waals surface area contributed by atoms with E-state index in [1.165, 1.54) is 18.2 Å². The van der Waals surface area contributed by atoms with Crippen LogP contribution in [0.25, 0.3) is 11.6 Å². The second kappa shape index (κ2) is 6.33. The van der Waals surface area contributed by atoms with Gasteiger partial charge in [0.2, 0.25) is 0 Å². The number of rotatable bonds is 4. The van der Waals surface area contributed by atoms with E-state index in [0.29, 0.717) is 29.1 Å². The number of fused-ring (bicyclic) bond motifs is 1. The average molecular weight is 345 g/mol. The third-order valence-electron chi connectivity index (χ3n) is 3.76. The number of nitrogens with one attached hydrogen (secondary N) is 1. The molecule has 2 aromatic rings. The van der Waals surface area contributed by atoms with Gasteiger partial charge in [-0.25, -0.2) is 0 Å². The Labute approximate surface area is 142 Å². The van der Waals surface area contributed by atoms with Gasteiger partial charge in [0.25, 0.3) is 5.91 Å². The maximum Gasteiger partial charge on any atom is 0.310 e. The third kappa shape index (κ3) is 2.96. The lowest BCUT2D eigenvalue weighted by atomic mass is 10.0. The molecule has 2 aromatic carbocycles. The number of aromatic hydroxyl groups is 1. The number of hydrogen-bond acceptors (Lipinski definition) is 4. The molecule has 122 valence electrons. The highest BCUT2D eigenvalue weighted by Gasteiger charge is 2.24. The highest BCUT2D eigenvalue weighted by Crippen LogP contribution is 2.35. The predicted octanol–water partition coefficient (Wildman–Crippen LogP) is 3.57. The molecule has 0 bridgehead atoms. The Balaban J connectivity index is 2.02. The molecule has 3 rings (SSSR count). The molecule has 2 N–H and O–H groups in total. The Morgan fingerprint density at radius 1 is 1.25 bits per heavy atom. The number of alkyl halides is 1. The largest absolute Gasteiger partial charge is 0.502 e. The number of aryl methyl sites for hydroxylation is 1. The van der Waals surface area contributed by atoms with Crippen molar-refractivity contribution in [3.8, 4) is 5.75 Å². The second-order valence-electron chi connectivity index (χ2n) is 5.34. The monoisotopic (exact) mass is 344 g/mol. The molecule has 0 saturated heterocycles. The fourth-order valence-corrected chi connectivity index (χ4v) is 2.81. The second-order valence-corrected chi connectivity index (χ2v) is 5.71. The molecule has 24 heavy (non-hydrogen) atoms. The van der Waals surface area contributed by atoms with Gasteiger partial charge in [-0.15, -0.1) is 11.6 Å². The van der Waals surface area contributed by atoms with Gasteiger partial charge in [0.05, 0.1) is 4.92 Å². The van der Waals surface area contributed by atoms with Crippen molar-refractivity contribution in [2.45, 2.75) is 6.42 Å². The van der Waals surface area contributed by atoms with E-state index in [9.17, 15) is 20.0 Å². The standard InChI is InChI=1S/C17H13ClN2O4/c18-6-5-10-1-3-14-12(7-10)13(17(22)19-14)8-11-2-4-15(20(23)24)16(21)9-11/h1-4,7-9,21H,5-6H2,(H,19,22). The first-order chi connectivity index (χ1) is 11.5. The number of anilines is 1. The summed E-state index contributed by atoms with van der Waals surface area (Å²) in [5.41, 5.74) is 3.03. The molecular weight excluding hydrogens is 332 g/mol. The lowest BCUT2D eigenvalue weighted by Crippen LogP contribution is -2.03. The van der Waals surface area contributed by atoms with Gasteiger partial charge in [0.1, 0.15) is 0 Å². The van der Waals surface area contributed by atoms with Gasteiger partial charge in [0.15, 0.2) is 5.75 Å². The third-order valence-corrected chi connectivity index (χ3v) is 3.95. The van der Waals surface area contributed by atoms with Crippen molar-refractivity contribution in [2.24, 2.45) is 0 Å². The van der Waals surface area contributed by atoms with Gasteiger partial charge in [-0.1, -0.05) is 6.07 Å². The zero-order chi connectivity index (χ0) is 17.3. The molecule has 0 radical (unpaired) electrons. The first-order valence-corrected chi connectivity index (χ1v) is 7.73. The van der Waals surface area contributed by atoms with E-state index >= 15 is 0 Å². The number of nitrogens with zero attached hydrogens (tertiary/aromatic N) is 1. The van der Waals surface area contributed by atoms with Crippen LogP contribution in [0.1, 0.15) is 16.7 Å². The van der Waals surface area contributed by atoms with Gasteiger partial charge in [-0.05, 0) is 47.9 Å². The van der Waals surface area contributed by atoms with Crippen molar-refractivity contribution in [1.82, 2.24) is 0 Å². The number of nitro benzene ring substituents is 1. The molecule has 1 aliphatic rings. The van der Waals surface area contributed by atoms with Gasteiger partial charge in [-0.3, -0.25) is 14.9 Å². The number of carbonyl (C=O) groups is 1. The first kappa shape index (κ1) is 16.0. The number of phenols is 1. The van der Waals surface area contributed by atoms with Crippen LogP contribution in [0.3, 0.4) is 0 Å². The Kier molecular flexibility index (Phi) is 4.22. The van der Waals surface area contributed by atoms with E-state index in [0.717, 1.165) is 11.1 Å². The fraction of sp³-hybridized carbons (Fsp3) is 0.118. The first-order valence-electron chi connectivity index (χ1n) is 7.19. The number of nitro groups is 1. The zero-order valence-corrected chi connectivity index (χ0v) is 13.2. The van der Waals surface area contributed by atoms with Crippen LogP contribution in [-0.4, -0.2) is 21.8 Å². The molecule has 0 fully saturated rings. The van der Waals surface area contributed by atoms with Crippen molar-refractivity contribution < 1.29 is 14.8 Å². The summed E-state index contributed by atoms with van der Waals surface area (Å²) in [4.78, 5) is 22.3. The van der Waals surface area contributed by atoms with Gasteiger partial charge >= 0.3 is 5.69 Å². The summed E-state index contributed by atoms with van der Waals surface area (Å²) in [6, 6.07) is 9.58.